The molecule has 3 nitrogen and oxygen atoms in total. The van der Waals surface area contributed by atoms with Crippen LogP contribution in [0.25, 0.3) is 91.9 Å². The van der Waals surface area contributed by atoms with Crippen LogP contribution in [0, 0.1) is 0 Å². The minimum Gasteiger partial charge on any atom is -0.456 e. The molecule has 3 aliphatic rings. The summed E-state index contributed by atoms with van der Waals surface area (Å²) in [6.45, 7) is 21.3. The third-order valence-corrected chi connectivity index (χ3v) is 17.8. The molecule has 1 N–H and O–H groups in total. The minimum atomic E-state index is -0.122. The van der Waals surface area contributed by atoms with E-state index in [0.717, 1.165) is 46.3 Å². The van der Waals surface area contributed by atoms with Gasteiger partial charge in [-0.2, -0.15) is 0 Å². The Labute approximate surface area is 403 Å². The average molecular weight is 898 g/mol. The maximum absolute atomic E-state index is 6.95. The largest absolute Gasteiger partial charge is 0.456 e. The number of hydrogen-bond acceptors (Lipinski definition) is 3. The van der Waals surface area contributed by atoms with Crippen LogP contribution in [0.5, 0.6) is 0 Å². The monoisotopic (exact) mass is 897 g/mol. The standard InChI is InChI=1S/C63H54BN2OS/c1-60(2,3)34-18-20-35(21-19-34)65-51-32-55-43(44-28-48-49(31-54(44)67-55)62(6,7)25-24-61(48,4)5)27-41(51)38-22-23-39-42-26-40-36-14-10-12-16-46(36)63(8,9)47(40)30-52(42)66-53-33-57-45(29-50(53)64-58(38)59(39)66)37-15-11-13-17-56(37)68-57/h10-23,26-33,65H,24-25H2,1-9H3. The van der Waals surface area contributed by atoms with Gasteiger partial charge in [-0.1, -0.05) is 141 Å². The van der Waals surface area contributed by atoms with Crippen molar-refractivity contribution in [1.82, 2.24) is 4.57 Å². The molecule has 14 rings (SSSR count). The molecule has 0 bridgehead atoms. The minimum absolute atomic E-state index is 0.0575. The molecule has 0 spiro atoms. The smallest absolute Gasteiger partial charge is 0.197 e. The summed E-state index contributed by atoms with van der Waals surface area (Å²) in [5.74, 6) is 0. The van der Waals surface area contributed by atoms with Gasteiger partial charge in [0.15, 0.2) is 7.28 Å². The van der Waals surface area contributed by atoms with Gasteiger partial charge in [-0.25, -0.2) is 0 Å². The molecule has 2 aliphatic carbocycles. The molecule has 331 valence electrons. The Morgan fingerprint density at radius 1 is 0.559 bits per heavy atom. The van der Waals surface area contributed by atoms with Crippen molar-refractivity contribution < 1.29 is 4.42 Å². The van der Waals surface area contributed by atoms with Crippen molar-refractivity contribution in [3.8, 4) is 27.9 Å². The summed E-state index contributed by atoms with van der Waals surface area (Å²) in [6, 6.07) is 51.2. The number of furan rings is 1. The van der Waals surface area contributed by atoms with Gasteiger partial charge in [-0.15, -0.1) is 11.3 Å². The lowest BCUT2D eigenvalue weighted by Crippen LogP contribution is -2.37. The van der Waals surface area contributed by atoms with Gasteiger partial charge in [0.1, 0.15) is 11.2 Å². The van der Waals surface area contributed by atoms with Crippen molar-refractivity contribution in [3.63, 3.8) is 0 Å². The number of fused-ring (bicyclic) bond motifs is 15. The molecule has 8 aromatic carbocycles. The first-order valence-electron chi connectivity index (χ1n) is 24.5. The van der Waals surface area contributed by atoms with Gasteiger partial charge < -0.3 is 14.3 Å². The van der Waals surface area contributed by atoms with Gasteiger partial charge >= 0.3 is 0 Å². The number of anilines is 2. The van der Waals surface area contributed by atoms with E-state index in [1.807, 2.05) is 11.3 Å². The molecule has 0 saturated heterocycles. The molecule has 0 atom stereocenters. The van der Waals surface area contributed by atoms with E-state index < -0.39 is 0 Å². The number of aromatic nitrogens is 1. The zero-order chi connectivity index (χ0) is 46.4. The lowest BCUT2D eigenvalue weighted by atomic mass is 9.59. The number of thiophene rings is 1. The van der Waals surface area contributed by atoms with Crippen LogP contribution in [0.15, 0.2) is 138 Å². The molecule has 0 amide bonds. The molecule has 11 aromatic rings. The van der Waals surface area contributed by atoms with E-state index in [2.05, 4.69) is 213 Å². The normalized spacial score (nSPS) is 16.4. The molecule has 4 heterocycles. The van der Waals surface area contributed by atoms with E-state index >= 15 is 0 Å². The lowest BCUT2D eigenvalue weighted by molar-refractivity contribution is 0.332. The zero-order valence-electron chi connectivity index (χ0n) is 40.5. The van der Waals surface area contributed by atoms with E-state index in [9.17, 15) is 0 Å². The van der Waals surface area contributed by atoms with Crippen molar-refractivity contribution >= 4 is 105 Å². The highest BCUT2D eigenvalue weighted by Gasteiger charge is 2.39. The molecule has 1 radical (unpaired) electrons. The second-order valence-electron chi connectivity index (χ2n) is 23.1. The van der Waals surface area contributed by atoms with Crippen LogP contribution >= 0.6 is 11.3 Å². The summed E-state index contributed by atoms with van der Waals surface area (Å²) in [7, 11) is 2.49. The fourth-order valence-electron chi connectivity index (χ4n) is 12.6. The van der Waals surface area contributed by atoms with Crippen molar-refractivity contribution in [1.29, 1.82) is 0 Å². The second-order valence-corrected chi connectivity index (χ2v) is 24.2. The third kappa shape index (κ3) is 5.54. The fraction of sp³-hybridized carbons (Fsp3) is 0.238. The Morgan fingerprint density at radius 3 is 2.06 bits per heavy atom. The highest BCUT2D eigenvalue weighted by molar-refractivity contribution is 7.25. The lowest BCUT2D eigenvalue weighted by Gasteiger charge is -2.41. The molecule has 0 unspecified atom stereocenters. The van der Waals surface area contributed by atoms with Gasteiger partial charge in [0.2, 0.25) is 0 Å². The summed E-state index contributed by atoms with van der Waals surface area (Å²) in [5, 5.41) is 11.5. The van der Waals surface area contributed by atoms with Crippen molar-refractivity contribution in [2.24, 2.45) is 0 Å². The van der Waals surface area contributed by atoms with Gasteiger partial charge in [0.05, 0.1) is 11.2 Å². The molecule has 3 aromatic heterocycles. The Balaban J connectivity index is 1.06. The number of rotatable bonds is 3. The molecule has 0 saturated carbocycles. The van der Waals surface area contributed by atoms with Crippen LogP contribution in [0.1, 0.15) is 103 Å². The highest BCUT2D eigenvalue weighted by atomic mass is 32.1. The maximum Gasteiger partial charge on any atom is 0.197 e. The van der Waals surface area contributed by atoms with E-state index in [4.69, 9.17) is 4.42 Å². The number of benzene rings is 8. The van der Waals surface area contributed by atoms with E-state index in [1.165, 1.54) is 108 Å². The fourth-order valence-corrected chi connectivity index (χ4v) is 13.7. The zero-order valence-corrected chi connectivity index (χ0v) is 41.3. The first kappa shape index (κ1) is 40.5. The molecular formula is C63H54BN2OS. The Kier molecular flexibility index (Phi) is 7.96. The van der Waals surface area contributed by atoms with E-state index in [1.54, 1.807) is 0 Å². The van der Waals surface area contributed by atoms with Crippen LogP contribution in [0.4, 0.5) is 11.4 Å². The van der Waals surface area contributed by atoms with Crippen LogP contribution in [-0.4, -0.2) is 11.8 Å². The van der Waals surface area contributed by atoms with Gasteiger partial charge in [0, 0.05) is 70.3 Å². The molecule has 5 heteroatoms. The van der Waals surface area contributed by atoms with Crippen molar-refractivity contribution in [3.05, 3.63) is 161 Å². The van der Waals surface area contributed by atoms with Crippen molar-refractivity contribution in [2.75, 3.05) is 5.32 Å². The molecule has 68 heavy (non-hydrogen) atoms. The summed E-state index contributed by atoms with van der Waals surface area (Å²) in [6.07, 6.45) is 2.32. The van der Waals surface area contributed by atoms with Crippen LogP contribution in [0.2, 0.25) is 0 Å². The average Bonchev–Trinajstić information content (AvgIpc) is 4.02. The first-order chi connectivity index (χ1) is 32.5. The van der Waals surface area contributed by atoms with Crippen molar-refractivity contribution in [2.45, 2.75) is 96.8 Å². The Morgan fingerprint density at radius 2 is 1.26 bits per heavy atom. The first-order valence-corrected chi connectivity index (χ1v) is 25.3. The Hall–Kier alpha value is -6.56. The SMILES string of the molecule is CC(C)(C)c1ccc(Nc2cc3oc4cc5c(cc4c3cc2-c2ccc3c4cc6c(cc4n4c3c2[B]c2cc3c(cc2-4)sc2ccccc23)C(C)(C)c2ccccc2-6)C(C)(C)CCC5(C)C)cc1. The van der Waals surface area contributed by atoms with Crippen LogP contribution in [-0.2, 0) is 21.7 Å². The predicted octanol–water partition coefficient (Wildman–Crippen LogP) is 16.4. The third-order valence-electron chi connectivity index (χ3n) is 16.6. The summed E-state index contributed by atoms with van der Waals surface area (Å²) < 4.78 is 12.2. The highest BCUT2D eigenvalue weighted by Crippen LogP contribution is 2.53. The number of hydrogen-bond donors (Lipinski definition) is 1. The van der Waals surface area contributed by atoms with Crippen LogP contribution in [0.3, 0.4) is 0 Å². The van der Waals surface area contributed by atoms with Crippen LogP contribution < -0.4 is 16.2 Å². The van der Waals surface area contributed by atoms with E-state index in [-0.39, 0.29) is 21.7 Å². The Bertz CT molecular complexity index is 4030. The quantitative estimate of drug-likeness (QED) is 0.179. The molecular weight excluding hydrogens is 844 g/mol. The number of nitrogens with one attached hydrogen (secondary N) is 1. The topological polar surface area (TPSA) is 30.1 Å². The summed E-state index contributed by atoms with van der Waals surface area (Å²) in [4.78, 5) is 0. The summed E-state index contributed by atoms with van der Waals surface area (Å²) in [5.41, 5.74) is 22.3. The number of nitrogens with zero attached hydrogens (tertiary/aromatic N) is 1. The summed E-state index contributed by atoms with van der Waals surface area (Å²) >= 11 is 1.90. The van der Waals surface area contributed by atoms with E-state index in [0.29, 0.717) is 0 Å². The predicted molar refractivity (Wildman–Crippen MR) is 293 cm³/mol. The second kappa shape index (κ2) is 13.4. The van der Waals surface area contributed by atoms with Gasteiger partial charge in [-0.05, 0) is 139 Å². The molecule has 1 aliphatic heterocycles. The molecule has 0 fully saturated rings. The van der Waals surface area contributed by atoms with Gasteiger partial charge in [-0.3, -0.25) is 0 Å². The maximum atomic E-state index is 6.95. The van der Waals surface area contributed by atoms with Gasteiger partial charge in [0.25, 0.3) is 0 Å².